The Bertz CT molecular complexity index is 211. The summed E-state index contributed by atoms with van der Waals surface area (Å²) in [5.41, 5.74) is 0. The van der Waals surface area contributed by atoms with Crippen LogP contribution >= 0.6 is 23.4 Å². The molecule has 0 bridgehead atoms. The van der Waals surface area contributed by atoms with Gasteiger partial charge in [-0.15, -0.1) is 23.4 Å². The van der Waals surface area contributed by atoms with Crippen LogP contribution in [0, 0.1) is 0 Å². The molecule has 1 atom stereocenters. The van der Waals surface area contributed by atoms with E-state index in [-0.39, 0.29) is 11.9 Å². The lowest BCUT2D eigenvalue weighted by atomic mass is 10.4. The zero-order valence-electron chi connectivity index (χ0n) is 6.61. The van der Waals surface area contributed by atoms with Gasteiger partial charge in [0, 0.05) is 16.0 Å². The molecule has 1 rings (SSSR count). The van der Waals surface area contributed by atoms with Crippen LogP contribution in [0.5, 0.6) is 0 Å². The van der Waals surface area contributed by atoms with Gasteiger partial charge in [0.1, 0.15) is 0 Å². The summed E-state index contributed by atoms with van der Waals surface area (Å²) in [5, 5.41) is 8.99. The van der Waals surface area contributed by atoms with Crippen molar-refractivity contribution in [2.75, 3.05) is 12.5 Å². The number of hydrogen-bond donors (Lipinski definition) is 1. The van der Waals surface area contributed by atoms with Gasteiger partial charge < -0.3 is 5.11 Å². The van der Waals surface area contributed by atoms with Crippen molar-refractivity contribution in [2.45, 2.75) is 10.1 Å². The molecule has 0 amide bonds. The van der Waals surface area contributed by atoms with Crippen molar-refractivity contribution in [1.29, 1.82) is 0 Å². The van der Waals surface area contributed by atoms with Crippen molar-refractivity contribution in [3.05, 3.63) is 30.3 Å². The van der Waals surface area contributed by atoms with Crippen LogP contribution in [0.4, 0.5) is 0 Å². The molecule has 1 nitrogen and oxygen atoms in total. The molecule has 0 radical (unpaired) electrons. The Kier molecular flexibility index (Phi) is 4.51. The Morgan fingerprint density at radius 2 is 2.00 bits per heavy atom. The number of aliphatic hydroxyl groups excluding tert-OH is 1. The third kappa shape index (κ3) is 3.05. The third-order valence-electron chi connectivity index (χ3n) is 1.42. The van der Waals surface area contributed by atoms with E-state index in [1.165, 1.54) is 0 Å². The minimum atomic E-state index is 0.106. The van der Waals surface area contributed by atoms with Crippen molar-refractivity contribution in [1.82, 2.24) is 0 Å². The highest BCUT2D eigenvalue weighted by molar-refractivity contribution is 8.00. The Morgan fingerprint density at radius 3 is 2.50 bits per heavy atom. The van der Waals surface area contributed by atoms with E-state index in [2.05, 4.69) is 0 Å². The summed E-state index contributed by atoms with van der Waals surface area (Å²) < 4.78 is 0. The van der Waals surface area contributed by atoms with Gasteiger partial charge in [-0.2, -0.15) is 0 Å². The van der Waals surface area contributed by atoms with E-state index in [4.69, 9.17) is 16.7 Å². The van der Waals surface area contributed by atoms with E-state index < -0.39 is 0 Å². The number of hydrogen-bond acceptors (Lipinski definition) is 2. The highest BCUT2D eigenvalue weighted by Gasteiger charge is 2.06. The van der Waals surface area contributed by atoms with E-state index >= 15 is 0 Å². The first-order valence-electron chi connectivity index (χ1n) is 3.75. The first-order chi connectivity index (χ1) is 5.86. The summed E-state index contributed by atoms with van der Waals surface area (Å²) in [7, 11) is 0. The maximum Gasteiger partial charge on any atom is 0.0565 e. The molecule has 0 unspecified atom stereocenters. The van der Waals surface area contributed by atoms with Crippen molar-refractivity contribution in [3.63, 3.8) is 0 Å². The Labute approximate surface area is 81.7 Å². The summed E-state index contributed by atoms with van der Waals surface area (Å²) in [6, 6.07) is 9.95. The second-order valence-electron chi connectivity index (χ2n) is 2.39. The van der Waals surface area contributed by atoms with E-state index in [1.807, 2.05) is 30.3 Å². The van der Waals surface area contributed by atoms with Crippen molar-refractivity contribution >= 4 is 23.4 Å². The summed E-state index contributed by atoms with van der Waals surface area (Å²) in [4.78, 5) is 1.15. The highest BCUT2D eigenvalue weighted by Crippen LogP contribution is 2.23. The van der Waals surface area contributed by atoms with Gasteiger partial charge in [-0.05, 0) is 12.1 Å². The summed E-state index contributed by atoms with van der Waals surface area (Å²) >= 11 is 7.24. The van der Waals surface area contributed by atoms with E-state index in [9.17, 15) is 0 Å². The average Bonchev–Trinajstić information content (AvgIpc) is 2.16. The molecule has 1 aromatic carbocycles. The molecule has 12 heavy (non-hydrogen) atoms. The SMILES string of the molecule is OC[C@H](CCl)Sc1ccccc1. The predicted octanol–water partition coefficient (Wildman–Crippen LogP) is 2.38. The van der Waals surface area contributed by atoms with E-state index in [0.717, 1.165) is 4.90 Å². The fourth-order valence-electron chi connectivity index (χ4n) is 0.809. The third-order valence-corrected chi connectivity index (χ3v) is 3.17. The minimum absolute atomic E-state index is 0.106. The van der Waals surface area contributed by atoms with Gasteiger partial charge in [0.05, 0.1) is 6.61 Å². The van der Waals surface area contributed by atoms with Gasteiger partial charge >= 0.3 is 0 Å². The Balaban J connectivity index is 2.51. The minimum Gasteiger partial charge on any atom is -0.395 e. The van der Waals surface area contributed by atoms with E-state index in [0.29, 0.717) is 5.88 Å². The lowest BCUT2D eigenvalue weighted by Crippen LogP contribution is -2.09. The Morgan fingerprint density at radius 1 is 1.33 bits per heavy atom. The van der Waals surface area contributed by atoms with Crippen LogP contribution in [-0.2, 0) is 0 Å². The fraction of sp³-hybridized carbons (Fsp3) is 0.333. The maximum atomic E-state index is 8.88. The van der Waals surface area contributed by atoms with Crippen LogP contribution in [0.25, 0.3) is 0 Å². The van der Waals surface area contributed by atoms with Crippen LogP contribution in [0.2, 0.25) is 0 Å². The number of aliphatic hydroxyl groups is 1. The summed E-state index contributed by atoms with van der Waals surface area (Å²) in [6.07, 6.45) is 0. The largest absolute Gasteiger partial charge is 0.395 e. The average molecular weight is 203 g/mol. The molecule has 0 spiro atoms. The van der Waals surface area contributed by atoms with Crippen LogP contribution in [-0.4, -0.2) is 22.8 Å². The molecule has 0 saturated heterocycles. The monoisotopic (exact) mass is 202 g/mol. The zero-order valence-corrected chi connectivity index (χ0v) is 8.18. The Hall–Kier alpha value is -0.180. The fourth-order valence-corrected chi connectivity index (χ4v) is 1.93. The molecule has 0 saturated carbocycles. The van der Waals surface area contributed by atoms with Gasteiger partial charge in [0.25, 0.3) is 0 Å². The highest BCUT2D eigenvalue weighted by atomic mass is 35.5. The van der Waals surface area contributed by atoms with Crippen LogP contribution in [0.15, 0.2) is 35.2 Å². The second-order valence-corrected chi connectivity index (χ2v) is 4.07. The van der Waals surface area contributed by atoms with Crippen molar-refractivity contribution in [3.8, 4) is 0 Å². The molecule has 0 heterocycles. The smallest absolute Gasteiger partial charge is 0.0565 e. The van der Waals surface area contributed by atoms with Gasteiger partial charge in [-0.1, -0.05) is 18.2 Å². The van der Waals surface area contributed by atoms with Gasteiger partial charge in [0.15, 0.2) is 0 Å². The van der Waals surface area contributed by atoms with Gasteiger partial charge in [0.2, 0.25) is 0 Å². The molecule has 0 aliphatic heterocycles. The molecule has 0 aliphatic carbocycles. The zero-order chi connectivity index (χ0) is 8.81. The van der Waals surface area contributed by atoms with E-state index in [1.54, 1.807) is 11.8 Å². The van der Waals surface area contributed by atoms with Gasteiger partial charge in [-0.25, -0.2) is 0 Å². The molecule has 0 aromatic heterocycles. The first-order valence-corrected chi connectivity index (χ1v) is 5.16. The number of thioether (sulfide) groups is 1. The lowest BCUT2D eigenvalue weighted by Gasteiger charge is -2.08. The quantitative estimate of drug-likeness (QED) is 0.598. The van der Waals surface area contributed by atoms with Gasteiger partial charge in [-0.3, -0.25) is 0 Å². The molecule has 66 valence electrons. The van der Waals surface area contributed by atoms with Crippen LogP contribution in [0.3, 0.4) is 0 Å². The predicted molar refractivity (Wildman–Crippen MR) is 53.9 cm³/mol. The van der Waals surface area contributed by atoms with Crippen molar-refractivity contribution < 1.29 is 5.11 Å². The summed E-state index contributed by atoms with van der Waals surface area (Å²) in [5.74, 6) is 0.482. The van der Waals surface area contributed by atoms with Crippen LogP contribution in [0.1, 0.15) is 0 Å². The molecule has 0 aliphatic rings. The van der Waals surface area contributed by atoms with Crippen LogP contribution < -0.4 is 0 Å². The standard InChI is InChI=1S/C9H11ClOS/c10-6-9(7-11)12-8-4-2-1-3-5-8/h1-5,9,11H,6-7H2/t9-/m0/s1. The topological polar surface area (TPSA) is 20.2 Å². The molecular formula is C9H11ClOS. The first kappa shape index (κ1) is 9.90. The number of rotatable bonds is 4. The molecule has 1 aromatic rings. The maximum absolute atomic E-state index is 8.88. The lowest BCUT2D eigenvalue weighted by molar-refractivity contribution is 0.301. The molecule has 1 N–H and O–H groups in total. The second kappa shape index (κ2) is 5.46. The number of halogens is 1. The van der Waals surface area contributed by atoms with Crippen molar-refractivity contribution in [2.24, 2.45) is 0 Å². The normalized spacial score (nSPS) is 12.8. The molecule has 3 heteroatoms. The molecule has 0 fully saturated rings. The molecular weight excluding hydrogens is 192 g/mol. The number of alkyl halides is 1. The number of benzene rings is 1. The summed E-state index contributed by atoms with van der Waals surface area (Å²) in [6.45, 7) is 0.128.